The summed E-state index contributed by atoms with van der Waals surface area (Å²) in [5.74, 6) is -0.492. The van der Waals surface area contributed by atoms with Crippen LogP contribution in [0.1, 0.15) is 5.56 Å². The number of hydrogen-bond donors (Lipinski definition) is 0. The van der Waals surface area contributed by atoms with Crippen LogP contribution in [0.3, 0.4) is 0 Å². The second-order valence-electron chi connectivity index (χ2n) is 3.77. The minimum absolute atomic E-state index is 0.0757. The van der Waals surface area contributed by atoms with Gasteiger partial charge in [-0.25, -0.2) is 9.37 Å². The fraction of sp³-hybridized carbons (Fsp3) is 0. The van der Waals surface area contributed by atoms with Crippen molar-refractivity contribution in [2.45, 2.75) is 9.24 Å². The Balaban J connectivity index is 2.02. The maximum Gasteiger partial charge on any atom is 0.155 e. The summed E-state index contributed by atoms with van der Waals surface area (Å²) >= 11 is 2.86. The van der Waals surface area contributed by atoms with E-state index in [2.05, 4.69) is 4.98 Å². The normalized spacial score (nSPS) is 10.5. The van der Waals surface area contributed by atoms with Crippen LogP contribution < -0.4 is 0 Å². The molecular formula is C14H7FN2S2. The summed E-state index contributed by atoms with van der Waals surface area (Å²) in [5, 5.41) is 9.00. The SMILES string of the molecule is N#Cc1c(F)cccc1Sc1nc2ccccc2s1. The summed E-state index contributed by atoms with van der Waals surface area (Å²) in [5.41, 5.74) is 0.997. The molecule has 0 atom stereocenters. The van der Waals surface area contributed by atoms with Crippen LogP contribution in [0.5, 0.6) is 0 Å². The topological polar surface area (TPSA) is 36.7 Å². The van der Waals surface area contributed by atoms with E-state index in [0.29, 0.717) is 4.90 Å². The number of nitrogens with zero attached hydrogens (tertiary/aromatic N) is 2. The number of fused-ring (bicyclic) bond motifs is 1. The number of halogens is 1. The molecule has 0 aliphatic heterocycles. The Labute approximate surface area is 117 Å². The van der Waals surface area contributed by atoms with Crippen molar-refractivity contribution in [1.82, 2.24) is 4.98 Å². The number of nitriles is 1. The van der Waals surface area contributed by atoms with Crippen LogP contribution >= 0.6 is 23.1 Å². The van der Waals surface area contributed by atoms with Gasteiger partial charge in [-0.05, 0) is 24.3 Å². The van der Waals surface area contributed by atoms with Gasteiger partial charge in [0.2, 0.25) is 0 Å². The van der Waals surface area contributed by atoms with Crippen molar-refractivity contribution in [3.63, 3.8) is 0 Å². The lowest BCUT2D eigenvalue weighted by atomic mass is 10.2. The summed E-state index contributed by atoms with van der Waals surface area (Å²) in [6, 6.07) is 14.3. The van der Waals surface area contributed by atoms with E-state index in [4.69, 9.17) is 5.26 Å². The number of thiazole rings is 1. The van der Waals surface area contributed by atoms with Crippen LogP contribution in [-0.2, 0) is 0 Å². The Morgan fingerprint density at radius 3 is 2.79 bits per heavy atom. The zero-order valence-corrected chi connectivity index (χ0v) is 11.3. The molecule has 3 aromatic rings. The molecule has 0 radical (unpaired) electrons. The van der Waals surface area contributed by atoms with Gasteiger partial charge >= 0.3 is 0 Å². The van der Waals surface area contributed by atoms with Gasteiger partial charge in [-0.15, -0.1) is 11.3 Å². The van der Waals surface area contributed by atoms with Crippen LogP contribution in [0.25, 0.3) is 10.2 Å². The van der Waals surface area contributed by atoms with E-state index in [9.17, 15) is 4.39 Å². The van der Waals surface area contributed by atoms with Crippen LogP contribution in [0, 0.1) is 17.1 Å². The molecule has 0 aliphatic rings. The average Bonchev–Trinajstić information content (AvgIpc) is 2.81. The lowest BCUT2D eigenvalue weighted by Gasteiger charge is -2.00. The molecule has 0 amide bonds. The zero-order valence-electron chi connectivity index (χ0n) is 9.63. The predicted molar refractivity (Wildman–Crippen MR) is 74.9 cm³/mol. The predicted octanol–water partition coefficient (Wildman–Crippen LogP) is 4.46. The van der Waals surface area contributed by atoms with Crippen molar-refractivity contribution in [3.05, 3.63) is 53.8 Å². The maximum absolute atomic E-state index is 13.5. The molecule has 3 rings (SSSR count). The molecule has 0 aliphatic carbocycles. The molecule has 0 N–H and O–H groups in total. The first-order chi connectivity index (χ1) is 9.28. The minimum Gasteiger partial charge on any atom is -0.229 e. The molecule has 1 aromatic heterocycles. The highest BCUT2D eigenvalue weighted by atomic mass is 32.2. The van der Waals surface area contributed by atoms with Crippen molar-refractivity contribution in [1.29, 1.82) is 5.26 Å². The number of para-hydroxylation sites is 1. The third-order valence-corrected chi connectivity index (χ3v) is 4.72. The monoisotopic (exact) mass is 286 g/mol. The molecule has 92 valence electrons. The highest BCUT2D eigenvalue weighted by molar-refractivity contribution is 8.01. The van der Waals surface area contributed by atoms with Crippen molar-refractivity contribution >= 4 is 33.3 Å². The molecule has 0 fully saturated rings. The largest absolute Gasteiger partial charge is 0.229 e. The standard InChI is InChI=1S/C14H7FN2S2/c15-10-4-3-7-12(9(10)8-16)18-14-17-11-5-1-2-6-13(11)19-14/h1-7H. The number of aromatic nitrogens is 1. The van der Waals surface area contributed by atoms with Gasteiger partial charge in [-0.3, -0.25) is 0 Å². The lowest BCUT2D eigenvalue weighted by molar-refractivity contribution is 0.620. The third kappa shape index (κ3) is 2.33. The Morgan fingerprint density at radius 2 is 2.00 bits per heavy atom. The van der Waals surface area contributed by atoms with Crippen molar-refractivity contribution < 1.29 is 4.39 Å². The van der Waals surface area contributed by atoms with E-state index in [1.54, 1.807) is 12.1 Å². The van der Waals surface area contributed by atoms with E-state index in [-0.39, 0.29) is 5.56 Å². The van der Waals surface area contributed by atoms with Gasteiger partial charge in [-0.1, -0.05) is 30.0 Å². The first kappa shape index (κ1) is 12.2. The molecule has 5 heteroatoms. The average molecular weight is 286 g/mol. The van der Waals surface area contributed by atoms with E-state index >= 15 is 0 Å². The highest BCUT2D eigenvalue weighted by Gasteiger charge is 2.11. The molecular weight excluding hydrogens is 279 g/mol. The van der Waals surface area contributed by atoms with E-state index in [1.165, 1.54) is 29.2 Å². The Kier molecular flexibility index (Phi) is 3.20. The van der Waals surface area contributed by atoms with Gasteiger partial charge in [0.05, 0.1) is 10.2 Å². The van der Waals surface area contributed by atoms with Crippen LogP contribution in [0.2, 0.25) is 0 Å². The maximum atomic E-state index is 13.5. The molecule has 0 saturated heterocycles. The minimum atomic E-state index is -0.492. The first-order valence-corrected chi connectivity index (χ1v) is 7.13. The smallest absolute Gasteiger partial charge is 0.155 e. The Bertz CT molecular complexity index is 756. The van der Waals surface area contributed by atoms with Gasteiger partial charge in [0.25, 0.3) is 0 Å². The van der Waals surface area contributed by atoms with Crippen LogP contribution in [0.15, 0.2) is 51.7 Å². The summed E-state index contributed by atoms with van der Waals surface area (Å²) in [4.78, 5) is 5.06. The molecule has 0 saturated carbocycles. The molecule has 0 bridgehead atoms. The van der Waals surface area contributed by atoms with Crippen molar-refractivity contribution in [2.24, 2.45) is 0 Å². The van der Waals surface area contributed by atoms with Crippen LogP contribution in [-0.4, -0.2) is 4.98 Å². The molecule has 0 spiro atoms. The second kappa shape index (κ2) is 5.00. The fourth-order valence-electron chi connectivity index (χ4n) is 1.69. The van der Waals surface area contributed by atoms with E-state index < -0.39 is 5.82 Å². The number of rotatable bonds is 2. The lowest BCUT2D eigenvalue weighted by Crippen LogP contribution is -1.86. The Morgan fingerprint density at radius 1 is 1.16 bits per heavy atom. The van der Waals surface area contributed by atoms with E-state index in [0.717, 1.165) is 14.6 Å². The molecule has 1 heterocycles. The summed E-state index contributed by atoms with van der Waals surface area (Å²) < 4.78 is 15.4. The zero-order chi connectivity index (χ0) is 13.2. The van der Waals surface area contributed by atoms with Crippen molar-refractivity contribution in [2.75, 3.05) is 0 Å². The summed E-state index contributed by atoms with van der Waals surface area (Å²) in [6.07, 6.45) is 0. The second-order valence-corrected chi connectivity index (χ2v) is 6.09. The molecule has 0 unspecified atom stereocenters. The summed E-state index contributed by atoms with van der Waals surface area (Å²) in [6.45, 7) is 0. The molecule has 2 nitrogen and oxygen atoms in total. The quantitative estimate of drug-likeness (QED) is 0.698. The van der Waals surface area contributed by atoms with Gasteiger partial charge in [0.1, 0.15) is 17.4 Å². The first-order valence-electron chi connectivity index (χ1n) is 5.50. The third-order valence-electron chi connectivity index (χ3n) is 2.56. The number of benzene rings is 2. The van der Waals surface area contributed by atoms with Gasteiger partial charge in [0.15, 0.2) is 4.34 Å². The van der Waals surface area contributed by atoms with E-state index in [1.807, 2.05) is 30.3 Å². The number of hydrogen-bond acceptors (Lipinski definition) is 4. The van der Waals surface area contributed by atoms with Crippen molar-refractivity contribution in [3.8, 4) is 6.07 Å². The molecule has 2 aromatic carbocycles. The summed E-state index contributed by atoms with van der Waals surface area (Å²) in [7, 11) is 0. The van der Waals surface area contributed by atoms with Gasteiger partial charge < -0.3 is 0 Å². The van der Waals surface area contributed by atoms with Gasteiger partial charge in [0, 0.05) is 4.90 Å². The fourth-order valence-corrected chi connectivity index (χ4v) is 3.81. The molecule has 19 heavy (non-hydrogen) atoms. The highest BCUT2D eigenvalue weighted by Crippen LogP contribution is 2.36. The van der Waals surface area contributed by atoms with Crippen LogP contribution in [0.4, 0.5) is 4.39 Å². The Hall–Kier alpha value is -1.90. The van der Waals surface area contributed by atoms with Gasteiger partial charge in [-0.2, -0.15) is 5.26 Å².